The van der Waals surface area contributed by atoms with Crippen LogP contribution in [-0.2, 0) is 20.0 Å². The lowest BCUT2D eigenvalue weighted by molar-refractivity contribution is 0.187. The minimum absolute atomic E-state index is 0.437. The summed E-state index contributed by atoms with van der Waals surface area (Å²) in [5, 5.41) is 15.6. The first-order valence-corrected chi connectivity index (χ1v) is 11.7. The molecule has 0 saturated carbocycles. The number of guanidine groups is 1. The molecule has 32 heavy (non-hydrogen) atoms. The van der Waals surface area contributed by atoms with Crippen LogP contribution < -0.4 is 15.4 Å². The Morgan fingerprint density at radius 1 is 1.19 bits per heavy atom. The number of piperidine rings is 1. The second-order valence-corrected chi connectivity index (χ2v) is 9.03. The third-order valence-electron chi connectivity index (χ3n) is 5.98. The van der Waals surface area contributed by atoms with Crippen LogP contribution in [0.1, 0.15) is 43.9 Å². The molecule has 176 valence electrons. The summed E-state index contributed by atoms with van der Waals surface area (Å²) in [6.07, 6.45) is 3.19. The average molecular weight is 442 g/mol. The minimum Gasteiger partial charge on any atom is -0.497 e. The quantitative estimate of drug-likeness (QED) is 0.460. The fraction of sp³-hybridized carbons (Fsp3) is 0.625. The van der Waals surface area contributed by atoms with Crippen LogP contribution in [0.25, 0.3) is 0 Å². The normalized spacial score (nSPS) is 15.9. The van der Waals surface area contributed by atoms with Crippen molar-refractivity contribution in [3.8, 4) is 5.75 Å². The number of benzene rings is 1. The molecule has 0 bridgehead atoms. The van der Waals surface area contributed by atoms with Crippen LogP contribution in [0.4, 0.5) is 0 Å². The van der Waals surface area contributed by atoms with Gasteiger partial charge < -0.3 is 24.8 Å². The number of methoxy groups -OCH3 is 1. The third-order valence-corrected chi connectivity index (χ3v) is 5.98. The van der Waals surface area contributed by atoms with Gasteiger partial charge in [0.25, 0.3) is 0 Å². The number of nitrogens with one attached hydrogen (secondary N) is 2. The monoisotopic (exact) mass is 441 g/mol. The lowest BCUT2D eigenvalue weighted by Crippen LogP contribution is -2.49. The number of hydrogen-bond donors (Lipinski definition) is 2. The summed E-state index contributed by atoms with van der Waals surface area (Å²) in [7, 11) is 3.67. The summed E-state index contributed by atoms with van der Waals surface area (Å²) in [4.78, 5) is 7.39. The number of ether oxygens (including phenoxy) is 1. The maximum atomic E-state index is 5.25. The van der Waals surface area contributed by atoms with E-state index in [9.17, 15) is 0 Å². The van der Waals surface area contributed by atoms with Gasteiger partial charge in [0.1, 0.15) is 18.1 Å². The molecule has 8 heteroatoms. The van der Waals surface area contributed by atoms with Crippen molar-refractivity contribution in [1.82, 2.24) is 30.3 Å². The Morgan fingerprint density at radius 3 is 2.50 bits per heavy atom. The number of hydrogen-bond acceptors (Lipinski definition) is 5. The Morgan fingerprint density at radius 2 is 1.91 bits per heavy atom. The van der Waals surface area contributed by atoms with Crippen molar-refractivity contribution in [3.05, 3.63) is 41.5 Å². The van der Waals surface area contributed by atoms with Gasteiger partial charge in [0.05, 0.1) is 7.11 Å². The fourth-order valence-corrected chi connectivity index (χ4v) is 3.98. The topological polar surface area (TPSA) is 79.6 Å². The molecular formula is C24H39N7O. The van der Waals surface area contributed by atoms with E-state index < -0.39 is 0 Å². The van der Waals surface area contributed by atoms with Gasteiger partial charge in [-0.15, -0.1) is 10.2 Å². The first-order chi connectivity index (χ1) is 15.4. The summed E-state index contributed by atoms with van der Waals surface area (Å²) in [5.74, 6) is 4.21. The van der Waals surface area contributed by atoms with Crippen molar-refractivity contribution in [2.45, 2.75) is 52.6 Å². The fourth-order valence-electron chi connectivity index (χ4n) is 3.98. The number of rotatable bonds is 9. The maximum absolute atomic E-state index is 5.25. The van der Waals surface area contributed by atoms with Crippen LogP contribution in [0.3, 0.4) is 0 Å². The van der Waals surface area contributed by atoms with Crippen molar-refractivity contribution in [3.63, 3.8) is 0 Å². The van der Waals surface area contributed by atoms with E-state index in [1.807, 2.05) is 30.7 Å². The molecule has 1 aliphatic heterocycles. The number of aliphatic imine (C=N–C) groups is 1. The third kappa shape index (κ3) is 7.22. The molecule has 2 N–H and O–H groups in total. The van der Waals surface area contributed by atoms with Gasteiger partial charge in [0, 0.05) is 39.3 Å². The predicted octanol–water partition coefficient (Wildman–Crippen LogP) is 2.53. The Hall–Kier alpha value is -2.61. The Balaban J connectivity index is 1.57. The van der Waals surface area contributed by atoms with E-state index in [4.69, 9.17) is 9.73 Å². The molecule has 0 aliphatic carbocycles. The zero-order valence-corrected chi connectivity index (χ0v) is 20.3. The average Bonchev–Trinajstić information content (AvgIpc) is 3.11. The smallest absolute Gasteiger partial charge is 0.191 e. The molecule has 1 aromatic heterocycles. The minimum atomic E-state index is 0.437. The van der Waals surface area contributed by atoms with Gasteiger partial charge in [-0.05, 0) is 49.8 Å². The van der Waals surface area contributed by atoms with E-state index >= 15 is 0 Å². The molecule has 1 aliphatic rings. The van der Waals surface area contributed by atoms with E-state index in [2.05, 4.69) is 51.7 Å². The van der Waals surface area contributed by atoms with Gasteiger partial charge in [-0.3, -0.25) is 0 Å². The van der Waals surface area contributed by atoms with Crippen molar-refractivity contribution >= 4 is 5.96 Å². The van der Waals surface area contributed by atoms with Gasteiger partial charge in [0.2, 0.25) is 0 Å². The van der Waals surface area contributed by atoms with Crippen molar-refractivity contribution in [1.29, 1.82) is 0 Å². The lowest BCUT2D eigenvalue weighted by Gasteiger charge is -2.34. The largest absolute Gasteiger partial charge is 0.497 e. The summed E-state index contributed by atoms with van der Waals surface area (Å²) < 4.78 is 7.24. The second-order valence-electron chi connectivity index (χ2n) is 9.03. The van der Waals surface area contributed by atoms with E-state index in [0.717, 1.165) is 62.3 Å². The number of nitrogens with zero attached hydrogens (tertiary/aromatic N) is 5. The van der Waals surface area contributed by atoms with Gasteiger partial charge in [-0.1, -0.05) is 26.0 Å². The predicted molar refractivity (Wildman–Crippen MR) is 129 cm³/mol. The second kappa shape index (κ2) is 11.9. The van der Waals surface area contributed by atoms with Crippen LogP contribution in [-0.4, -0.2) is 65.0 Å². The van der Waals surface area contributed by atoms with Gasteiger partial charge in [-0.25, -0.2) is 4.99 Å². The summed E-state index contributed by atoms with van der Waals surface area (Å²) in [5.41, 5.74) is 1.27. The van der Waals surface area contributed by atoms with E-state index in [1.54, 1.807) is 7.11 Å². The molecular weight excluding hydrogens is 402 g/mol. The van der Waals surface area contributed by atoms with Crippen LogP contribution in [0.15, 0.2) is 29.3 Å². The highest BCUT2D eigenvalue weighted by Crippen LogP contribution is 2.13. The molecule has 2 aromatic rings. The molecule has 0 amide bonds. The number of likely N-dealkylation sites (tertiary alicyclic amines) is 1. The zero-order chi connectivity index (χ0) is 22.9. The molecule has 0 spiro atoms. The summed E-state index contributed by atoms with van der Waals surface area (Å²) in [6, 6.07) is 8.66. The van der Waals surface area contributed by atoms with Gasteiger partial charge >= 0.3 is 0 Å². The molecule has 1 fully saturated rings. The van der Waals surface area contributed by atoms with Gasteiger partial charge in [-0.2, -0.15) is 0 Å². The first-order valence-electron chi connectivity index (χ1n) is 11.7. The highest BCUT2D eigenvalue weighted by molar-refractivity contribution is 5.80. The maximum Gasteiger partial charge on any atom is 0.191 e. The Labute approximate surface area is 192 Å². The molecule has 2 heterocycles. The molecule has 1 saturated heterocycles. The number of aryl methyl sites for hydroxylation is 1. The summed E-state index contributed by atoms with van der Waals surface area (Å²) in [6.45, 7) is 11.3. The molecule has 3 rings (SSSR count). The Kier molecular flexibility index (Phi) is 8.90. The van der Waals surface area contributed by atoms with Crippen molar-refractivity contribution < 1.29 is 4.74 Å². The van der Waals surface area contributed by atoms with E-state index in [0.29, 0.717) is 18.5 Å². The lowest BCUT2D eigenvalue weighted by atomic mass is 10.0. The molecule has 1 aromatic carbocycles. The molecule has 0 radical (unpaired) electrons. The molecule has 8 nitrogen and oxygen atoms in total. The van der Waals surface area contributed by atoms with Gasteiger partial charge in [0.15, 0.2) is 11.8 Å². The van der Waals surface area contributed by atoms with Crippen LogP contribution in [0.5, 0.6) is 5.75 Å². The SMILES string of the molecule is COc1ccc(CCNC(=NCc2nnc(C)n2C)NC2CCN(CC(C)C)CC2)cc1. The van der Waals surface area contributed by atoms with E-state index in [1.165, 1.54) is 12.1 Å². The van der Waals surface area contributed by atoms with Crippen molar-refractivity contribution in [2.75, 3.05) is 33.3 Å². The van der Waals surface area contributed by atoms with Crippen LogP contribution in [0, 0.1) is 12.8 Å². The van der Waals surface area contributed by atoms with Crippen molar-refractivity contribution in [2.24, 2.45) is 18.0 Å². The van der Waals surface area contributed by atoms with Crippen LogP contribution in [0.2, 0.25) is 0 Å². The summed E-state index contributed by atoms with van der Waals surface area (Å²) >= 11 is 0. The Bertz CT molecular complexity index is 852. The highest BCUT2D eigenvalue weighted by atomic mass is 16.5. The first kappa shape index (κ1) is 24.0. The highest BCUT2D eigenvalue weighted by Gasteiger charge is 2.20. The van der Waals surface area contributed by atoms with Crippen LogP contribution >= 0.6 is 0 Å². The molecule has 0 atom stereocenters. The standard InChI is InChI=1S/C24H39N7O/c1-18(2)17-31-14-11-21(12-15-31)27-24(26-16-23-29-28-19(3)30(23)4)25-13-10-20-6-8-22(32-5)9-7-20/h6-9,18,21H,10-17H2,1-5H3,(H2,25,26,27). The van der Waals surface area contributed by atoms with E-state index in [-0.39, 0.29) is 0 Å². The number of aromatic nitrogens is 3. The zero-order valence-electron chi connectivity index (χ0n) is 20.3. The molecule has 0 unspecified atom stereocenters.